The van der Waals surface area contributed by atoms with Crippen molar-refractivity contribution < 1.29 is 17.9 Å². The van der Waals surface area contributed by atoms with E-state index in [9.17, 15) is 13.2 Å². The van der Waals surface area contributed by atoms with Crippen LogP contribution in [0.5, 0.6) is 5.75 Å². The maximum Gasteiger partial charge on any atom is 0.416 e. The Hall–Kier alpha value is -1.95. The van der Waals surface area contributed by atoms with E-state index in [2.05, 4.69) is 10.3 Å². The third kappa shape index (κ3) is 3.58. The average molecular weight is 317 g/mol. The fraction of sp³-hybridized carbons (Fsp3) is 0.214. The van der Waals surface area contributed by atoms with Gasteiger partial charge in [-0.3, -0.25) is 0 Å². The zero-order chi connectivity index (χ0) is 15.5. The molecule has 0 radical (unpaired) electrons. The summed E-state index contributed by atoms with van der Waals surface area (Å²) >= 11 is 5.82. The predicted molar refractivity (Wildman–Crippen MR) is 74.6 cm³/mol. The Bertz CT molecular complexity index is 632. The lowest BCUT2D eigenvalue weighted by atomic mass is 10.1. The van der Waals surface area contributed by atoms with Gasteiger partial charge in [0.1, 0.15) is 6.61 Å². The van der Waals surface area contributed by atoms with Crippen LogP contribution in [0.15, 0.2) is 36.5 Å². The van der Waals surface area contributed by atoms with E-state index in [-0.39, 0.29) is 23.1 Å². The molecule has 1 aromatic carbocycles. The molecule has 21 heavy (non-hydrogen) atoms. The number of ether oxygens (including phenoxy) is 1. The van der Waals surface area contributed by atoms with Crippen molar-refractivity contribution in [3.8, 4) is 5.75 Å². The molecule has 112 valence electrons. The van der Waals surface area contributed by atoms with Gasteiger partial charge in [-0.2, -0.15) is 13.2 Å². The molecule has 0 aliphatic heterocycles. The van der Waals surface area contributed by atoms with Crippen LogP contribution < -0.4 is 10.1 Å². The summed E-state index contributed by atoms with van der Waals surface area (Å²) in [5.41, 5.74) is -0.369. The highest BCUT2D eigenvalue weighted by Gasteiger charge is 2.34. The van der Waals surface area contributed by atoms with Crippen molar-refractivity contribution in [1.29, 1.82) is 0 Å². The predicted octanol–water partition coefficient (Wildman–Crippen LogP) is 4.37. The first kappa shape index (κ1) is 15.4. The zero-order valence-corrected chi connectivity index (χ0v) is 11.8. The van der Waals surface area contributed by atoms with E-state index >= 15 is 0 Å². The van der Waals surface area contributed by atoms with Crippen LogP contribution in [0.3, 0.4) is 0 Å². The Morgan fingerprint density at radius 2 is 2.00 bits per heavy atom. The number of nitrogens with one attached hydrogen (secondary N) is 1. The van der Waals surface area contributed by atoms with Crippen molar-refractivity contribution >= 4 is 17.3 Å². The molecule has 0 saturated carbocycles. The third-order valence-electron chi connectivity index (χ3n) is 2.85. The lowest BCUT2D eigenvalue weighted by Crippen LogP contribution is -2.13. The van der Waals surface area contributed by atoms with E-state index < -0.39 is 11.7 Å². The van der Waals surface area contributed by atoms with Crippen LogP contribution in [-0.4, -0.2) is 12.0 Å². The van der Waals surface area contributed by atoms with E-state index in [4.69, 9.17) is 16.3 Å². The van der Waals surface area contributed by atoms with Crippen LogP contribution in [0.1, 0.15) is 11.1 Å². The summed E-state index contributed by atoms with van der Waals surface area (Å²) in [5, 5.41) is 2.83. The quantitative estimate of drug-likeness (QED) is 0.850. The number of rotatable bonds is 4. The summed E-state index contributed by atoms with van der Waals surface area (Å²) < 4.78 is 44.5. The lowest BCUT2D eigenvalue weighted by Gasteiger charge is -2.17. The molecule has 0 spiro atoms. The Labute approximate surface area is 124 Å². The highest BCUT2D eigenvalue weighted by molar-refractivity contribution is 6.30. The summed E-state index contributed by atoms with van der Waals surface area (Å²) in [6.45, 7) is -0.267. The summed E-state index contributed by atoms with van der Waals surface area (Å²) in [4.78, 5) is 3.81. The van der Waals surface area contributed by atoms with Crippen LogP contribution in [0.2, 0.25) is 5.15 Å². The van der Waals surface area contributed by atoms with Gasteiger partial charge in [0.05, 0.1) is 5.56 Å². The first-order chi connectivity index (χ1) is 9.93. The summed E-state index contributed by atoms with van der Waals surface area (Å²) in [7, 11) is 1.55. The molecule has 2 aromatic rings. The maximum absolute atomic E-state index is 13.0. The van der Waals surface area contributed by atoms with Gasteiger partial charge in [0.2, 0.25) is 0 Å². The summed E-state index contributed by atoms with van der Waals surface area (Å²) in [6, 6.07) is 7.05. The number of hydrogen-bond acceptors (Lipinski definition) is 3. The van der Waals surface area contributed by atoms with Crippen LogP contribution in [0.25, 0.3) is 0 Å². The molecule has 0 atom stereocenters. The van der Waals surface area contributed by atoms with Crippen LogP contribution in [0, 0.1) is 0 Å². The van der Waals surface area contributed by atoms with Gasteiger partial charge in [0.25, 0.3) is 0 Å². The van der Waals surface area contributed by atoms with Crippen molar-refractivity contribution in [2.45, 2.75) is 12.8 Å². The molecule has 1 aromatic heterocycles. The second kappa shape index (κ2) is 6.22. The molecule has 0 fully saturated rings. The van der Waals surface area contributed by atoms with E-state index in [1.54, 1.807) is 25.2 Å². The molecule has 0 aliphatic rings. The van der Waals surface area contributed by atoms with Crippen molar-refractivity contribution in [1.82, 2.24) is 4.98 Å². The van der Waals surface area contributed by atoms with Crippen molar-refractivity contribution in [2.24, 2.45) is 0 Å². The number of nitrogens with zero attached hydrogens (tertiary/aromatic N) is 1. The smallest absolute Gasteiger partial charge is 0.416 e. The Morgan fingerprint density at radius 1 is 1.24 bits per heavy atom. The Balaban J connectivity index is 2.32. The molecule has 1 heterocycles. The van der Waals surface area contributed by atoms with Gasteiger partial charge in [-0.05, 0) is 24.3 Å². The largest absolute Gasteiger partial charge is 0.486 e. The van der Waals surface area contributed by atoms with Gasteiger partial charge in [-0.25, -0.2) is 4.98 Å². The van der Waals surface area contributed by atoms with Gasteiger partial charge in [-0.15, -0.1) is 0 Å². The maximum atomic E-state index is 13.0. The molecule has 0 bridgehead atoms. The number of alkyl halides is 3. The van der Waals surface area contributed by atoms with Crippen LogP contribution in [0.4, 0.5) is 18.9 Å². The van der Waals surface area contributed by atoms with Gasteiger partial charge in [-0.1, -0.05) is 17.7 Å². The van der Waals surface area contributed by atoms with Crippen molar-refractivity contribution in [3.05, 3.63) is 52.8 Å². The van der Waals surface area contributed by atoms with Crippen LogP contribution in [-0.2, 0) is 12.8 Å². The Morgan fingerprint density at radius 3 is 2.62 bits per heavy atom. The minimum atomic E-state index is -4.45. The van der Waals surface area contributed by atoms with Crippen molar-refractivity contribution in [2.75, 3.05) is 12.4 Å². The van der Waals surface area contributed by atoms with E-state index in [1.807, 2.05) is 0 Å². The minimum absolute atomic E-state index is 0.0208. The van der Waals surface area contributed by atoms with E-state index in [0.29, 0.717) is 5.69 Å². The molecular weight excluding hydrogens is 305 g/mol. The van der Waals surface area contributed by atoms with Crippen LogP contribution >= 0.6 is 11.6 Å². The van der Waals surface area contributed by atoms with Gasteiger partial charge in [0, 0.05) is 24.5 Å². The van der Waals surface area contributed by atoms with Gasteiger partial charge >= 0.3 is 6.18 Å². The minimum Gasteiger partial charge on any atom is -0.486 e. The normalized spacial score (nSPS) is 11.3. The second-order valence-electron chi connectivity index (χ2n) is 4.16. The molecule has 3 nitrogen and oxygen atoms in total. The molecule has 0 unspecified atom stereocenters. The zero-order valence-electron chi connectivity index (χ0n) is 11.0. The van der Waals surface area contributed by atoms with Gasteiger partial charge in [0.15, 0.2) is 10.9 Å². The fourth-order valence-corrected chi connectivity index (χ4v) is 2.04. The van der Waals surface area contributed by atoms with Crippen molar-refractivity contribution in [3.63, 3.8) is 0 Å². The number of benzene rings is 1. The first-order valence-electron chi connectivity index (χ1n) is 6.03. The summed E-state index contributed by atoms with van der Waals surface area (Å²) in [5.74, 6) is 0.234. The van der Waals surface area contributed by atoms with Gasteiger partial charge < -0.3 is 10.1 Å². The third-order valence-corrected chi connectivity index (χ3v) is 3.13. The monoisotopic (exact) mass is 316 g/mol. The molecule has 0 aliphatic carbocycles. The average Bonchev–Trinajstić information content (AvgIpc) is 2.45. The highest BCUT2D eigenvalue weighted by atomic mass is 35.5. The topological polar surface area (TPSA) is 34.1 Å². The molecule has 0 saturated heterocycles. The molecular formula is C14H12ClF3N2O. The first-order valence-corrected chi connectivity index (χ1v) is 6.41. The molecule has 1 N–H and O–H groups in total. The highest BCUT2D eigenvalue weighted by Crippen LogP contribution is 2.36. The molecule has 7 heteroatoms. The summed E-state index contributed by atoms with van der Waals surface area (Å²) in [6.07, 6.45) is -2.98. The van der Waals surface area contributed by atoms with E-state index in [1.165, 1.54) is 12.3 Å². The molecule has 2 rings (SSSR count). The number of anilines is 1. The van der Waals surface area contributed by atoms with E-state index in [0.717, 1.165) is 6.07 Å². The number of hydrogen-bond donors (Lipinski definition) is 1. The molecule has 0 amide bonds. The second-order valence-corrected chi connectivity index (χ2v) is 4.52. The number of aromatic nitrogens is 1. The fourth-order valence-electron chi connectivity index (χ4n) is 1.87. The SMILES string of the molecule is CNc1cccc(C(F)(F)F)c1COc1cccnc1Cl. The number of halogens is 4. The lowest BCUT2D eigenvalue weighted by molar-refractivity contribution is -0.138. The standard InChI is InChI=1S/C14H12ClF3N2O/c1-19-11-5-2-4-10(14(16,17)18)9(11)8-21-12-6-3-7-20-13(12)15/h2-7,19H,8H2,1H3. The number of pyridine rings is 1. The Kier molecular flexibility index (Phi) is 4.57.